The second-order valence-electron chi connectivity index (χ2n) is 8.85. The van der Waals surface area contributed by atoms with Crippen molar-refractivity contribution in [2.45, 2.75) is 19.8 Å². The van der Waals surface area contributed by atoms with Crippen molar-refractivity contribution < 1.29 is 28.9 Å². The number of aryl methyl sites for hydroxylation is 1. The molecule has 0 amide bonds. The molecule has 0 unspecified atom stereocenters. The van der Waals surface area contributed by atoms with Gasteiger partial charge in [-0.2, -0.15) is 0 Å². The van der Waals surface area contributed by atoms with E-state index in [1.807, 2.05) is 43.3 Å². The van der Waals surface area contributed by atoms with E-state index in [1.165, 1.54) is 18.2 Å². The van der Waals surface area contributed by atoms with E-state index in [0.29, 0.717) is 47.7 Å². The molecule has 0 atom stereocenters. The van der Waals surface area contributed by atoms with Gasteiger partial charge in [0.2, 0.25) is 5.43 Å². The van der Waals surface area contributed by atoms with Crippen molar-refractivity contribution in [1.29, 1.82) is 0 Å². The molecular formula is C31H26O7. The van der Waals surface area contributed by atoms with Crippen LogP contribution in [0.4, 0.5) is 0 Å². The van der Waals surface area contributed by atoms with Crippen LogP contribution in [0.1, 0.15) is 29.3 Å². The Bertz CT molecular complexity index is 1690. The summed E-state index contributed by atoms with van der Waals surface area (Å²) in [5.74, 6) is 0.256. The Morgan fingerprint density at radius 3 is 2.42 bits per heavy atom. The van der Waals surface area contributed by atoms with Crippen LogP contribution in [-0.4, -0.2) is 29.4 Å². The zero-order valence-corrected chi connectivity index (χ0v) is 20.8. The molecule has 0 bridgehead atoms. The Hall–Kier alpha value is -4.78. The van der Waals surface area contributed by atoms with Crippen LogP contribution >= 0.6 is 0 Å². The molecule has 38 heavy (non-hydrogen) atoms. The number of hydrogen-bond acceptors (Lipinski definition) is 6. The molecule has 0 spiro atoms. The number of fused-ring (bicyclic) bond motifs is 2. The summed E-state index contributed by atoms with van der Waals surface area (Å²) in [5, 5.41) is 20.3. The number of carboxylic acids is 1. The monoisotopic (exact) mass is 510 g/mol. The fourth-order valence-electron chi connectivity index (χ4n) is 4.36. The number of ether oxygens (including phenoxy) is 2. The lowest BCUT2D eigenvalue weighted by molar-refractivity contribution is 0.0697. The first-order valence-electron chi connectivity index (χ1n) is 12.4. The minimum absolute atomic E-state index is 0.0275. The summed E-state index contributed by atoms with van der Waals surface area (Å²) in [7, 11) is 0. The number of phenolic OH excluding ortho intramolecular Hbond substituents is 1. The van der Waals surface area contributed by atoms with Gasteiger partial charge >= 0.3 is 5.97 Å². The number of carbonyl (C=O) groups is 1. The van der Waals surface area contributed by atoms with Crippen LogP contribution in [0.5, 0.6) is 17.2 Å². The normalized spacial score (nSPS) is 11.1. The van der Waals surface area contributed by atoms with Crippen molar-refractivity contribution in [2.75, 3.05) is 13.2 Å². The second kappa shape index (κ2) is 10.7. The summed E-state index contributed by atoms with van der Waals surface area (Å²) in [6, 6.07) is 22.5. The molecule has 4 aromatic carbocycles. The van der Waals surface area contributed by atoms with Gasteiger partial charge < -0.3 is 24.1 Å². The highest BCUT2D eigenvalue weighted by molar-refractivity contribution is 5.96. The molecule has 2 N–H and O–H groups in total. The number of rotatable bonds is 9. The molecule has 7 heteroatoms. The first kappa shape index (κ1) is 24.9. The third-order valence-electron chi connectivity index (χ3n) is 6.35. The van der Waals surface area contributed by atoms with Gasteiger partial charge in [-0.3, -0.25) is 4.79 Å². The van der Waals surface area contributed by atoms with E-state index in [2.05, 4.69) is 0 Å². The van der Waals surface area contributed by atoms with E-state index in [9.17, 15) is 19.8 Å². The SMILES string of the molecule is CCc1cc(-c2ccccc2)c(O)cc1OCCCOc1ccc2c(=O)c3cc(C(=O)O)ccc3oc2c1. The molecule has 5 aromatic rings. The van der Waals surface area contributed by atoms with Crippen LogP contribution in [0.25, 0.3) is 33.1 Å². The molecule has 0 aliphatic carbocycles. The summed E-state index contributed by atoms with van der Waals surface area (Å²) < 4.78 is 17.6. The highest BCUT2D eigenvalue weighted by Crippen LogP contribution is 2.35. The van der Waals surface area contributed by atoms with Crippen LogP contribution in [0.15, 0.2) is 88.1 Å². The van der Waals surface area contributed by atoms with Gasteiger partial charge in [0.1, 0.15) is 28.4 Å². The summed E-state index contributed by atoms with van der Waals surface area (Å²) in [5.41, 5.74) is 3.14. The predicted molar refractivity (Wildman–Crippen MR) is 145 cm³/mol. The number of hydrogen-bond donors (Lipinski definition) is 2. The molecule has 0 radical (unpaired) electrons. The van der Waals surface area contributed by atoms with Gasteiger partial charge in [-0.1, -0.05) is 37.3 Å². The van der Waals surface area contributed by atoms with Gasteiger partial charge in [-0.05, 0) is 53.9 Å². The van der Waals surface area contributed by atoms with Crippen LogP contribution in [0.3, 0.4) is 0 Å². The van der Waals surface area contributed by atoms with Crippen molar-refractivity contribution in [1.82, 2.24) is 0 Å². The lowest BCUT2D eigenvalue weighted by Crippen LogP contribution is -2.07. The molecule has 0 fully saturated rings. The Kier molecular flexibility index (Phi) is 7.00. The van der Waals surface area contributed by atoms with Gasteiger partial charge in [0.25, 0.3) is 0 Å². The smallest absolute Gasteiger partial charge is 0.335 e. The van der Waals surface area contributed by atoms with Crippen molar-refractivity contribution in [3.8, 4) is 28.4 Å². The summed E-state index contributed by atoms with van der Waals surface area (Å²) >= 11 is 0. The Morgan fingerprint density at radius 1 is 0.868 bits per heavy atom. The number of aromatic carboxylic acids is 1. The molecule has 1 aromatic heterocycles. The summed E-state index contributed by atoms with van der Waals surface area (Å²) in [6.45, 7) is 2.82. The Morgan fingerprint density at radius 2 is 1.66 bits per heavy atom. The Labute approximate surface area is 218 Å². The zero-order valence-electron chi connectivity index (χ0n) is 20.8. The molecule has 5 rings (SSSR count). The van der Waals surface area contributed by atoms with E-state index >= 15 is 0 Å². The topological polar surface area (TPSA) is 106 Å². The first-order valence-corrected chi connectivity index (χ1v) is 12.4. The number of aromatic hydroxyl groups is 1. The highest BCUT2D eigenvalue weighted by atomic mass is 16.5. The van der Waals surface area contributed by atoms with Crippen LogP contribution < -0.4 is 14.9 Å². The predicted octanol–water partition coefficient (Wildman–Crippen LogP) is 6.43. The third-order valence-corrected chi connectivity index (χ3v) is 6.35. The Balaban J connectivity index is 1.23. The quantitative estimate of drug-likeness (QED) is 0.174. The molecular weight excluding hydrogens is 484 g/mol. The number of carboxylic acid groups (broad SMARTS) is 1. The third kappa shape index (κ3) is 5.04. The summed E-state index contributed by atoms with van der Waals surface area (Å²) in [6.07, 6.45) is 1.36. The largest absolute Gasteiger partial charge is 0.507 e. The van der Waals surface area contributed by atoms with Gasteiger partial charge in [-0.25, -0.2) is 4.79 Å². The van der Waals surface area contributed by atoms with Crippen molar-refractivity contribution in [3.63, 3.8) is 0 Å². The number of phenols is 1. The standard InChI is InChI=1S/C31H26O7/c1-2-19-15-24(20-7-4-3-5-8-20)26(32)18-28(19)37-14-6-13-36-22-10-11-23-29(17-22)38-27-12-9-21(31(34)35)16-25(27)30(23)33/h3-5,7-12,15-18,32H,2,6,13-14H2,1H3,(H,34,35). The number of benzene rings is 4. The molecule has 0 aliphatic rings. The second-order valence-corrected chi connectivity index (χ2v) is 8.85. The minimum atomic E-state index is -1.11. The van der Waals surface area contributed by atoms with Crippen molar-refractivity contribution >= 4 is 27.9 Å². The van der Waals surface area contributed by atoms with Gasteiger partial charge in [0.15, 0.2) is 0 Å². The van der Waals surface area contributed by atoms with Crippen LogP contribution in [0, 0.1) is 0 Å². The maximum atomic E-state index is 12.9. The summed E-state index contributed by atoms with van der Waals surface area (Å²) in [4.78, 5) is 24.1. The fraction of sp³-hybridized carbons (Fsp3) is 0.161. The van der Waals surface area contributed by atoms with Gasteiger partial charge in [-0.15, -0.1) is 0 Å². The molecule has 0 saturated heterocycles. The van der Waals surface area contributed by atoms with Crippen LogP contribution in [0.2, 0.25) is 0 Å². The minimum Gasteiger partial charge on any atom is -0.507 e. The molecule has 0 aliphatic heterocycles. The molecule has 0 saturated carbocycles. The first-order chi connectivity index (χ1) is 18.4. The van der Waals surface area contributed by atoms with E-state index < -0.39 is 5.97 Å². The van der Waals surface area contributed by atoms with E-state index in [1.54, 1.807) is 24.3 Å². The zero-order chi connectivity index (χ0) is 26.6. The van der Waals surface area contributed by atoms with Crippen molar-refractivity contribution in [2.24, 2.45) is 0 Å². The van der Waals surface area contributed by atoms with Gasteiger partial charge in [0, 0.05) is 24.1 Å². The maximum absolute atomic E-state index is 12.9. The van der Waals surface area contributed by atoms with Crippen molar-refractivity contribution in [3.05, 3.63) is 100 Å². The van der Waals surface area contributed by atoms with E-state index in [0.717, 1.165) is 23.1 Å². The van der Waals surface area contributed by atoms with E-state index in [4.69, 9.17) is 13.9 Å². The average molecular weight is 511 g/mol. The lowest BCUT2D eigenvalue weighted by Gasteiger charge is -2.14. The highest BCUT2D eigenvalue weighted by Gasteiger charge is 2.13. The molecule has 7 nitrogen and oxygen atoms in total. The van der Waals surface area contributed by atoms with Gasteiger partial charge in [0.05, 0.1) is 29.5 Å². The molecule has 1 heterocycles. The molecule has 192 valence electrons. The average Bonchev–Trinajstić information content (AvgIpc) is 2.93. The maximum Gasteiger partial charge on any atom is 0.335 e. The fourth-order valence-corrected chi connectivity index (χ4v) is 4.36. The van der Waals surface area contributed by atoms with E-state index in [-0.39, 0.29) is 22.1 Å². The lowest BCUT2D eigenvalue weighted by atomic mass is 10.00. The van der Waals surface area contributed by atoms with Crippen LogP contribution in [-0.2, 0) is 6.42 Å².